The number of hydrogen-bond donors (Lipinski definition) is 2. The zero-order chi connectivity index (χ0) is 36.9. The summed E-state index contributed by atoms with van der Waals surface area (Å²) < 4.78 is 25.4. The van der Waals surface area contributed by atoms with Crippen LogP contribution >= 0.6 is 0 Å². The van der Waals surface area contributed by atoms with Crippen LogP contribution in [-0.2, 0) is 28.5 Å². The predicted octanol–water partition coefficient (Wildman–Crippen LogP) is 6.88. The Hall–Kier alpha value is -3.04. The van der Waals surface area contributed by atoms with Crippen molar-refractivity contribution in [2.75, 3.05) is 6.61 Å². The van der Waals surface area contributed by atoms with Crippen molar-refractivity contribution in [1.29, 1.82) is 0 Å². The highest BCUT2D eigenvalue weighted by atomic mass is 16.6. The van der Waals surface area contributed by atoms with Gasteiger partial charge in [0.15, 0.2) is 12.2 Å². The Balaban J connectivity index is 1.41. The lowest BCUT2D eigenvalue weighted by Gasteiger charge is -2.71. The van der Waals surface area contributed by atoms with E-state index in [1.165, 1.54) is 6.92 Å². The van der Waals surface area contributed by atoms with E-state index in [4.69, 9.17) is 18.9 Å². The zero-order valence-corrected chi connectivity index (χ0v) is 31.6. The number of benzene rings is 2. The summed E-state index contributed by atoms with van der Waals surface area (Å²) in [4.78, 5) is 27.4. The highest BCUT2D eigenvalue weighted by molar-refractivity contribution is 5.77. The molecule has 8 heteroatoms. The Labute approximate surface area is 302 Å². The number of rotatable bonds is 5. The monoisotopic (exact) mass is 700 g/mol. The molecule has 2 saturated heterocycles. The van der Waals surface area contributed by atoms with Crippen LogP contribution in [0.15, 0.2) is 71.8 Å². The average Bonchev–Trinajstić information content (AvgIpc) is 3.41. The van der Waals surface area contributed by atoms with Crippen molar-refractivity contribution >= 4 is 11.9 Å². The second kappa shape index (κ2) is 12.3. The average molecular weight is 701 g/mol. The molecule has 2 aromatic rings. The fraction of sp³-hybridized carbons (Fsp3) is 0.628. The predicted molar refractivity (Wildman–Crippen MR) is 193 cm³/mol. The molecule has 2 unspecified atom stereocenters. The van der Waals surface area contributed by atoms with Crippen LogP contribution in [0.25, 0.3) is 0 Å². The Bertz CT molecular complexity index is 1700. The molecule has 4 fully saturated rings. The molecule has 7 rings (SSSR count). The number of fused-ring (bicyclic) bond motifs is 5. The molecule has 0 amide bonds. The SMILES string of the molecule is CC(=O)O[C@@H]1C2=C(C)[C@@H](OC(=O)[C@@H]3OC(C)(C)C[C@H]3c3ccccc3)C[C@@](O)(C(c3ccccc3)C3[C@@](C)([C@@H](C)C[C@H]4OC[C@@]34C)[C@H]1O)C2(C)C. The third-order valence-electron chi connectivity index (χ3n) is 14.3. The smallest absolute Gasteiger partial charge is 0.336 e. The summed E-state index contributed by atoms with van der Waals surface area (Å²) in [6.07, 6.45) is -2.43. The Morgan fingerprint density at radius 2 is 1.49 bits per heavy atom. The van der Waals surface area contributed by atoms with Crippen LogP contribution < -0.4 is 0 Å². The molecule has 8 nitrogen and oxygen atoms in total. The van der Waals surface area contributed by atoms with Crippen molar-refractivity contribution in [2.45, 2.75) is 135 Å². The number of hydrogen-bond acceptors (Lipinski definition) is 8. The second-order valence-electron chi connectivity index (χ2n) is 17.9. The molecule has 5 aliphatic rings. The van der Waals surface area contributed by atoms with Crippen LogP contribution in [-0.4, -0.2) is 70.5 Å². The molecular weight excluding hydrogens is 644 g/mol. The van der Waals surface area contributed by atoms with E-state index in [1.54, 1.807) is 0 Å². The van der Waals surface area contributed by atoms with E-state index in [1.807, 2.05) is 83.1 Å². The number of esters is 2. The quantitative estimate of drug-likeness (QED) is 0.257. The van der Waals surface area contributed by atoms with E-state index in [0.29, 0.717) is 24.2 Å². The topological polar surface area (TPSA) is 112 Å². The molecule has 2 bridgehead atoms. The number of ether oxygens (including phenoxy) is 4. The first kappa shape index (κ1) is 36.3. The van der Waals surface area contributed by atoms with Gasteiger partial charge in [-0.05, 0) is 67.7 Å². The van der Waals surface area contributed by atoms with E-state index in [0.717, 1.165) is 17.5 Å². The molecule has 51 heavy (non-hydrogen) atoms. The third kappa shape index (κ3) is 5.37. The van der Waals surface area contributed by atoms with Crippen LogP contribution in [0.5, 0.6) is 0 Å². The van der Waals surface area contributed by atoms with Crippen LogP contribution in [0.4, 0.5) is 0 Å². The molecule has 2 aliphatic heterocycles. The van der Waals surface area contributed by atoms with Gasteiger partial charge in [0, 0.05) is 41.4 Å². The van der Waals surface area contributed by atoms with E-state index in [-0.39, 0.29) is 35.7 Å². The van der Waals surface area contributed by atoms with Crippen LogP contribution in [0.3, 0.4) is 0 Å². The van der Waals surface area contributed by atoms with Crippen LogP contribution in [0, 0.1) is 28.1 Å². The lowest BCUT2D eigenvalue weighted by Crippen LogP contribution is -2.74. The summed E-state index contributed by atoms with van der Waals surface area (Å²) in [5.41, 5.74) is -0.990. The normalized spacial score (nSPS) is 42.4. The van der Waals surface area contributed by atoms with Crippen LogP contribution in [0.2, 0.25) is 0 Å². The Kier molecular flexibility index (Phi) is 8.73. The first-order valence-electron chi connectivity index (χ1n) is 18.8. The molecule has 2 heterocycles. The first-order chi connectivity index (χ1) is 23.9. The van der Waals surface area contributed by atoms with Crippen LogP contribution in [0.1, 0.15) is 105 Å². The molecule has 12 atom stereocenters. The highest BCUT2D eigenvalue weighted by Gasteiger charge is 2.73. The van der Waals surface area contributed by atoms with Gasteiger partial charge in [0.2, 0.25) is 0 Å². The van der Waals surface area contributed by atoms with Gasteiger partial charge in [0.1, 0.15) is 12.2 Å². The fourth-order valence-corrected chi connectivity index (χ4v) is 11.4. The van der Waals surface area contributed by atoms with Crippen molar-refractivity contribution in [1.82, 2.24) is 0 Å². The maximum atomic E-state index is 14.4. The largest absolute Gasteiger partial charge is 0.456 e. The lowest BCUT2D eigenvalue weighted by atomic mass is 9.38. The fourth-order valence-electron chi connectivity index (χ4n) is 11.4. The first-order valence-corrected chi connectivity index (χ1v) is 18.8. The van der Waals surface area contributed by atoms with Crippen molar-refractivity contribution < 1.29 is 38.7 Å². The van der Waals surface area contributed by atoms with Gasteiger partial charge >= 0.3 is 11.9 Å². The van der Waals surface area contributed by atoms with Gasteiger partial charge in [-0.25, -0.2) is 4.79 Å². The molecular formula is C43H56O8. The molecule has 0 radical (unpaired) electrons. The summed E-state index contributed by atoms with van der Waals surface area (Å²) >= 11 is 0. The number of aliphatic hydroxyl groups excluding tert-OH is 1. The molecule has 3 aliphatic carbocycles. The molecule has 0 aromatic heterocycles. The summed E-state index contributed by atoms with van der Waals surface area (Å²) in [6.45, 7) is 18.2. The second-order valence-corrected chi connectivity index (χ2v) is 17.9. The van der Waals surface area contributed by atoms with E-state index in [9.17, 15) is 19.8 Å². The van der Waals surface area contributed by atoms with E-state index in [2.05, 4.69) is 32.9 Å². The number of aliphatic hydroxyl groups is 2. The summed E-state index contributed by atoms with van der Waals surface area (Å²) in [5.74, 6) is -2.03. The molecule has 2 N–H and O–H groups in total. The third-order valence-corrected chi connectivity index (χ3v) is 14.3. The van der Waals surface area contributed by atoms with Gasteiger partial charge in [-0.2, -0.15) is 0 Å². The van der Waals surface area contributed by atoms with Gasteiger partial charge in [0.05, 0.1) is 23.9 Å². The molecule has 2 saturated carbocycles. The molecule has 2 aromatic carbocycles. The maximum Gasteiger partial charge on any atom is 0.336 e. The van der Waals surface area contributed by atoms with Gasteiger partial charge in [-0.3, -0.25) is 4.79 Å². The van der Waals surface area contributed by atoms with E-state index >= 15 is 0 Å². The Morgan fingerprint density at radius 1 is 0.882 bits per heavy atom. The highest BCUT2D eigenvalue weighted by Crippen LogP contribution is 2.71. The summed E-state index contributed by atoms with van der Waals surface area (Å²) in [6, 6.07) is 20.0. The van der Waals surface area contributed by atoms with Crippen molar-refractivity contribution in [2.24, 2.45) is 28.1 Å². The maximum absolute atomic E-state index is 14.4. The zero-order valence-electron chi connectivity index (χ0n) is 31.6. The van der Waals surface area contributed by atoms with Gasteiger partial charge in [-0.15, -0.1) is 0 Å². The van der Waals surface area contributed by atoms with Crippen molar-refractivity contribution in [3.05, 3.63) is 82.9 Å². The Morgan fingerprint density at radius 3 is 2.06 bits per heavy atom. The number of carbonyl (C=O) groups is 2. The minimum atomic E-state index is -1.51. The lowest BCUT2D eigenvalue weighted by molar-refractivity contribution is -0.310. The van der Waals surface area contributed by atoms with E-state index < -0.39 is 64.3 Å². The van der Waals surface area contributed by atoms with Gasteiger partial charge in [0.25, 0.3) is 0 Å². The van der Waals surface area contributed by atoms with Crippen molar-refractivity contribution in [3.63, 3.8) is 0 Å². The minimum Gasteiger partial charge on any atom is -0.456 e. The standard InChI is InChI=1S/C43H56O8/c1-24-20-31-41(8,23-48-31)36-33(28-18-14-11-15-19-28)43(47)22-30(25(2)32(40(43,6)7)35(49-26(3)44)37(45)42(24,36)9)50-38(46)34-29(21-39(4,5)51-34)27-16-12-10-13-17-27/h10-19,24,29-31,33-37,45,47H,20-23H2,1-9H3/t24-,29-,30-,31+,33?,34+,35+,36?,37-,41+,42+,43+/m0/s1. The van der Waals surface area contributed by atoms with Crippen molar-refractivity contribution in [3.8, 4) is 0 Å². The summed E-state index contributed by atoms with van der Waals surface area (Å²) in [7, 11) is 0. The van der Waals surface area contributed by atoms with Gasteiger partial charge < -0.3 is 29.2 Å². The minimum absolute atomic E-state index is 0.0296. The summed E-state index contributed by atoms with van der Waals surface area (Å²) in [5, 5.41) is 26.7. The molecule has 0 spiro atoms. The van der Waals surface area contributed by atoms with Gasteiger partial charge in [-0.1, -0.05) is 95.3 Å². The molecule has 276 valence electrons. The number of carbonyl (C=O) groups excluding carboxylic acids is 2.